The van der Waals surface area contributed by atoms with Crippen molar-refractivity contribution in [1.29, 1.82) is 0 Å². The Labute approximate surface area is 323 Å². The van der Waals surface area contributed by atoms with Gasteiger partial charge in [-0.1, -0.05) is 187 Å². The summed E-state index contributed by atoms with van der Waals surface area (Å²) in [6.45, 7) is 4.87. The van der Waals surface area contributed by atoms with E-state index < -0.39 is 12.1 Å². The van der Waals surface area contributed by atoms with Crippen LogP contribution in [0.1, 0.15) is 245 Å². The maximum absolute atomic E-state index is 12.4. The van der Waals surface area contributed by atoms with Crippen molar-refractivity contribution in [2.75, 3.05) is 13.2 Å². The molecule has 0 aliphatic rings. The van der Waals surface area contributed by atoms with Crippen molar-refractivity contribution in [2.45, 2.75) is 257 Å². The van der Waals surface area contributed by atoms with Gasteiger partial charge in [-0.05, 0) is 57.8 Å². The summed E-state index contributed by atoms with van der Waals surface area (Å²) in [6.07, 6.45) is 45.9. The van der Waals surface area contributed by atoms with Gasteiger partial charge in [0.1, 0.15) is 0 Å². The first-order valence-electron chi connectivity index (χ1n) is 22.9. The molecule has 52 heavy (non-hydrogen) atoms. The Balaban J connectivity index is 3.51. The van der Waals surface area contributed by atoms with E-state index in [1.807, 2.05) is 0 Å². The van der Waals surface area contributed by atoms with E-state index in [4.69, 9.17) is 4.74 Å². The second kappa shape index (κ2) is 42.3. The van der Waals surface area contributed by atoms with Gasteiger partial charge in [0.05, 0.1) is 25.4 Å². The molecule has 0 fully saturated rings. The van der Waals surface area contributed by atoms with Gasteiger partial charge in [-0.25, -0.2) is 0 Å². The van der Waals surface area contributed by atoms with Gasteiger partial charge in [0.15, 0.2) is 0 Å². The Morgan fingerprint density at radius 2 is 0.904 bits per heavy atom. The van der Waals surface area contributed by atoms with Crippen molar-refractivity contribution in [3.05, 3.63) is 12.2 Å². The minimum atomic E-state index is -0.677. The first-order chi connectivity index (χ1) is 25.5. The molecular formula is C46H89NO5. The third-order valence-electron chi connectivity index (χ3n) is 10.6. The minimum Gasteiger partial charge on any atom is -0.466 e. The number of allylic oxidation sites excluding steroid dienone is 2. The molecular weight excluding hydrogens is 647 g/mol. The largest absolute Gasteiger partial charge is 0.466 e. The SMILES string of the molecule is CCCCCCCCCCCCCCC(=O)OCCCCC/C=C\CCCCCCCC(=O)NC(CO)C(O)CCCCCCCCCCCCC. The first-order valence-corrected chi connectivity index (χ1v) is 22.9. The van der Waals surface area contributed by atoms with E-state index in [1.54, 1.807) is 0 Å². The number of aliphatic hydroxyl groups is 2. The molecule has 0 aliphatic heterocycles. The van der Waals surface area contributed by atoms with E-state index in [9.17, 15) is 19.8 Å². The fourth-order valence-electron chi connectivity index (χ4n) is 6.98. The molecule has 0 heterocycles. The second-order valence-corrected chi connectivity index (χ2v) is 15.7. The molecule has 2 atom stereocenters. The molecule has 6 heteroatoms. The number of hydrogen-bond donors (Lipinski definition) is 3. The smallest absolute Gasteiger partial charge is 0.305 e. The minimum absolute atomic E-state index is 0.0226. The van der Waals surface area contributed by atoms with Gasteiger partial charge in [0.25, 0.3) is 0 Å². The van der Waals surface area contributed by atoms with Gasteiger partial charge in [0.2, 0.25) is 5.91 Å². The summed E-state index contributed by atoms with van der Waals surface area (Å²) in [7, 11) is 0. The number of ether oxygens (including phenoxy) is 1. The molecule has 2 unspecified atom stereocenters. The van der Waals surface area contributed by atoms with Gasteiger partial charge in [-0.2, -0.15) is 0 Å². The van der Waals surface area contributed by atoms with Crippen molar-refractivity contribution in [3.8, 4) is 0 Å². The topological polar surface area (TPSA) is 95.9 Å². The monoisotopic (exact) mass is 736 g/mol. The Kier molecular flexibility index (Phi) is 41.2. The molecule has 0 aliphatic carbocycles. The molecule has 0 saturated heterocycles. The van der Waals surface area contributed by atoms with Crippen LogP contribution in [0, 0.1) is 0 Å². The number of unbranched alkanes of at least 4 members (excludes halogenated alkanes) is 29. The van der Waals surface area contributed by atoms with Crippen LogP contribution in [0.25, 0.3) is 0 Å². The highest BCUT2D eigenvalue weighted by atomic mass is 16.5. The quantitative estimate of drug-likeness (QED) is 0.0329. The summed E-state index contributed by atoms with van der Waals surface area (Å²) >= 11 is 0. The zero-order valence-electron chi connectivity index (χ0n) is 34.8. The number of carbonyl (C=O) groups is 2. The van der Waals surface area contributed by atoms with Crippen molar-refractivity contribution in [3.63, 3.8) is 0 Å². The van der Waals surface area contributed by atoms with Gasteiger partial charge in [-0.3, -0.25) is 9.59 Å². The molecule has 308 valence electrons. The molecule has 0 aromatic rings. The highest BCUT2D eigenvalue weighted by molar-refractivity contribution is 5.76. The predicted molar refractivity (Wildman–Crippen MR) is 223 cm³/mol. The van der Waals surface area contributed by atoms with Crippen molar-refractivity contribution >= 4 is 11.9 Å². The third-order valence-corrected chi connectivity index (χ3v) is 10.6. The molecule has 0 aromatic heterocycles. The third kappa shape index (κ3) is 38.3. The number of nitrogens with one attached hydrogen (secondary N) is 1. The lowest BCUT2D eigenvalue weighted by Gasteiger charge is -2.22. The van der Waals surface area contributed by atoms with E-state index in [0.717, 1.165) is 77.0 Å². The van der Waals surface area contributed by atoms with Crippen LogP contribution in [0.15, 0.2) is 12.2 Å². The van der Waals surface area contributed by atoms with E-state index >= 15 is 0 Å². The summed E-state index contributed by atoms with van der Waals surface area (Å²) in [4.78, 5) is 24.3. The second-order valence-electron chi connectivity index (χ2n) is 15.7. The highest BCUT2D eigenvalue weighted by Gasteiger charge is 2.20. The molecule has 3 N–H and O–H groups in total. The zero-order valence-corrected chi connectivity index (χ0v) is 34.8. The summed E-state index contributed by atoms with van der Waals surface area (Å²) in [6, 6.07) is -0.557. The number of carbonyl (C=O) groups excluding carboxylic acids is 2. The Hall–Kier alpha value is -1.40. The van der Waals surface area contributed by atoms with Crippen LogP contribution in [0.4, 0.5) is 0 Å². The molecule has 1 amide bonds. The average molecular weight is 736 g/mol. The number of hydrogen-bond acceptors (Lipinski definition) is 5. The molecule has 6 nitrogen and oxygen atoms in total. The number of rotatable bonds is 42. The Morgan fingerprint density at radius 1 is 0.519 bits per heavy atom. The number of aliphatic hydroxyl groups excluding tert-OH is 2. The lowest BCUT2D eigenvalue weighted by atomic mass is 10.0. The Morgan fingerprint density at radius 3 is 1.37 bits per heavy atom. The van der Waals surface area contributed by atoms with E-state index in [1.165, 1.54) is 135 Å². The predicted octanol–water partition coefficient (Wildman–Crippen LogP) is 13.0. The maximum atomic E-state index is 12.4. The molecule has 0 aromatic carbocycles. The fourth-order valence-corrected chi connectivity index (χ4v) is 6.98. The van der Waals surface area contributed by atoms with Gasteiger partial charge in [0, 0.05) is 12.8 Å². The lowest BCUT2D eigenvalue weighted by Crippen LogP contribution is -2.45. The molecule has 0 radical (unpaired) electrons. The first kappa shape index (κ1) is 50.6. The van der Waals surface area contributed by atoms with E-state index in [0.29, 0.717) is 25.9 Å². The molecule has 0 rings (SSSR count). The van der Waals surface area contributed by atoms with Crippen LogP contribution in [-0.4, -0.2) is 47.4 Å². The lowest BCUT2D eigenvalue weighted by molar-refractivity contribution is -0.143. The van der Waals surface area contributed by atoms with Crippen LogP contribution >= 0.6 is 0 Å². The van der Waals surface area contributed by atoms with E-state index in [-0.39, 0.29) is 18.5 Å². The van der Waals surface area contributed by atoms with Gasteiger partial charge in [-0.15, -0.1) is 0 Å². The molecule has 0 spiro atoms. The number of esters is 1. The summed E-state index contributed by atoms with van der Waals surface area (Å²) < 4.78 is 5.42. The van der Waals surface area contributed by atoms with Crippen LogP contribution in [0.5, 0.6) is 0 Å². The van der Waals surface area contributed by atoms with Crippen LogP contribution in [-0.2, 0) is 14.3 Å². The van der Waals surface area contributed by atoms with Crippen LogP contribution in [0.3, 0.4) is 0 Å². The van der Waals surface area contributed by atoms with Crippen molar-refractivity contribution < 1.29 is 24.5 Å². The summed E-state index contributed by atoms with van der Waals surface area (Å²) in [5.74, 6) is -0.0846. The summed E-state index contributed by atoms with van der Waals surface area (Å²) in [5, 5.41) is 23.1. The molecule has 0 saturated carbocycles. The van der Waals surface area contributed by atoms with Crippen LogP contribution in [0.2, 0.25) is 0 Å². The highest BCUT2D eigenvalue weighted by Crippen LogP contribution is 2.15. The van der Waals surface area contributed by atoms with Crippen molar-refractivity contribution in [2.24, 2.45) is 0 Å². The number of amides is 1. The van der Waals surface area contributed by atoms with Crippen molar-refractivity contribution in [1.82, 2.24) is 5.32 Å². The van der Waals surface area contributed by atoms with E-state index in [2.05, 4.69) is 31.3 Å². The van der Waals surface area contributed by atoms with Gasteiger partial charge >= 0.3 is 5.97 Å². The summed E-state index contributed by atoms with van der Waals surface area (Å²) in [5.41, 5.74) is 0. The Bertz CT molecular complexity index is 772. The zero-order chi connectivity index (χ0) is 38.0. The average Bonchev–Trinajstić information content (AvgIpc) is 3.14. The fraction of sp³-hybridized carbons (Fsp3) is 0.913. The molecule has 0 bridgehead atoms. The standard InChI is InChI=1S/C46H89NO5/c1-3-5-7-9-11-13-15-20-24-28-32-36-40-46(51)52-41-37-33-29-25-21-17-16-19-23-27-31-35-39-45(50)47-43(42-48)44(49)38-34-30-26-22-18-14-12-10-8-6-4-2/h17,21,43-44,48-49H,3-16,18-20,22-42H2,1-2H3,(H,47,50)/b21-17-. The normalized spacial score (nSPS) is 12.8. The van der Waals surface area contributed by atoms with Gasteiger partial charge < -0.3 is 20.3 Å². The van der Waals surface area contributed by atoms with Crippen LogP contribution < -0.4 is 5.32 Å². The maximum Gasteiger partial charge on any atom is 0.305 e.